The van der Waals surface area contributed by atoms with Crippen LogP contribution in [0.3, 0.4) is 0 Å². The third-order valence-corrected chi connectivity index (χ3v) is 3.45. The van der Waals surface area contributed by atoms with E-state index in [-0.39, 0.29) is 16.0 Å². The highest BCUT2D eigenvalue weighted by Gasteiger charge is 2.12. The maximum atomic E-state index is 9.73. The summed E-state index contributed by atoms with van der Waals surface area (Å²) in [7, 11) is 1.66. The second kappa shape index (κ2) is 6.18. The monoisotopic (exact) mass is 381 g/mol. The Hall–Kier alpha value is -0.860. The fourth-order valence-electron chi connectivity index (χ4n) is 0.932. The number of rotatable bonds is 2. The molecule has 0 saturated heterocycles. The quantitative estimate of drug-likeness (QED) is 0.358. The van der Waals surface area contributed by atoms with Crippen molar-refractivity contribution in [2.45, 2.75) is 0 Å². The second-order valence-electron chi connectivity index (χ2n) is 2.91. The SMILES string of the molecule is CNC(=S)N/N=C\c1cc(Br)c(O)c(Br)c1O. The molecule has 4 N–H and O–H groups in total. The van der Waals surface area contributed by atoms with E-state index in [1.807, 2.05) is 0 Å². The molecule has 1 rings (SSSR count). The van der Waals surface area contributed by atoms with Crippen LogP contribution in [0.1, 0.15) is 5.56 Å². The molecule has 0 heterocycles. The summed E-state index contributed by atoms with van der Waals surface area (Å²) < 4.78 is 0.643. The van der Waals surface area contributed by atoms with Gasteiger partial charge >= 0.3 is 0 Å². The summed E-state index contributed by atoms with van der Waals surface area (Å²) in [6.07, 6.45) is 1.38. The van der Waals surface area contributed by atoms with Gasteiger partial charge in [0.2, 0.25) is 0 Å². The molecule has 0 amide bonds. The predicted molar refractivity (Wildman–Crippen MR) is 77.6 cm³/mol. The molecule has 0 fully saturated rings. The maximum absolute atomic E-state index is 9.73. The van der Waals surface area contributed by atoms with Gasteiger partial charge < -0.3 is 15.5 Å². The van der Waals surface area contributed by atoms with Crippen molar-refractivity contribution in [3.05, 3.63) is 20.6 Å². The number of halogens is 2. The fraction of sp³-hybridized carbons (Fsp3) is 0.111. The van der Waals surface area contributed by atoms with Gasteiger partial charge in [-0.1, -0.05) is 0 Å². The Bertz CT molecular complexity index is 480. The molecule has 17 heavy (non-hydrogen) atoms. The highest BCUT2D eigenvalue weighted by Crippen LogP contribution is 2.40. The zero-order valence-electron chi connectivity index (χ0n) is 8.66. The van der Waals surface area contributed by atoms with Crippen LogP contribution in [0, 0.1) is 0 Å². The molecule has 1 aromatic rings. The standard InChI is InChI=1S/C9H9Br2N3O2S/c1-12-9(17)14-13-3-4-2-5(10)8(16)6(11)7(4)15/h2-3,15-16H,1H3,(H2,12,14,17)/b13-3-. The summed E-state index contributed by atoms with van der Waals surface area (Å²) in [6.45, 7) is 0. The third kappa shape index (κ3) is 3.55. The third-order valence-electron chi connectivity index (χ3n) is 1.79. The molecule has 0 unspecified atom stereocenters. The average Bonchev–Trinajstić information content (AvgIpc) is 2.32. The van der Waals surface area contributed by atoms with Gasteiger partial charge in [0.1, 0.15) is 16.0 Å². The molecule has 0 aliphatic rings. The molecule has 0 aromatic heterocycles. The largest absolute Gasteiger partial charge is 0.506 e. The van der Waals surface area contributed by atoms with E-state index in [0.29, 0.717) is 15.1 Å². The highest BCUT2D eigenvalue weighted by molar-refractivity contribution is 9.11. The molecular formula is C9H9Br2N3O2S. The van der Waals surface area contributed by atoms with Gasteiger partial charge in [-0.2, -0.15) is 5.10 Å². The topological polar surface area (TPSA) is 76.9 Å². The van der Waals surface area contributed by atoms with Crippen LogP contribution in [0.15, 0.2) is 20.1 Å². The van der Waals surface area contributed by atoms with Crippen LogP contribution in [0.4, 0.5) is 0 Å². The highest BCUT2D eigenvalue weighted by atomic mass is 79.9. The van der Waals surface area contributed by atoms with E-state index >= 15 is 0 Å². The molecule has 0 bridgehead atoms. The summed E-state index contributed by atoms with van der Waals surface area (Å²) in [4.78, 5) is 0. The van der Waals surface area contributed by atoms with Crippen LogP contribution in [-0.4, -0.2) is 28.6 Å². The van der Waals surface area contributed by atoms with Gasteiger partial charge in [-0.05, 0) is 50.1 Å². The van der Waals surface area contributed by atoms with Crippen molar-refractivity contribution in [1.29, 1.82) is 0 Å². The summed E-state index contributed by atoms with van der Waals surface area (Å²) in [5.74, 6) is -0.176. The number of hydrazone groups is 1. The number of thiocarbonyl (C=S) groups is 1. The molecule has 5 nitrogen and oxygen atoms in total. The van der Waals surface area contributed by atoms with Crippen molar-refractivity contribution < 1.29 is 10.2 Å². The van der Waals surface area contributed by atoms with Crippen molar-refractivity contribution >= 4 is 55.4 Å². The van der Waals surface area contributed by atoms with Gasteiger partial charge in [0.25, 0.3) is 0 Å². The molecule has 8 heteroatoms. The van der Waals surface area contributed by atoms with E-state index in [0.717, 1.165) is 0 Å². The van der Waals surface area contributed by atoms with E-state index in [1.54, 1.807) is 7.05 Å². The minimum atomic E-state index is -0.105. The average molecular weight is 383 g/mol. The molecule has 0 saturated carbocycles. The second-order valence-corrected chi connectivity index (χ2v) is 4.96. The number of aromatic hydroxyl groups is 2. The van der Waals surface area contributed by atoms with E-state index in [2.05, 4.69) is 47.7 Å². The lowest BCUT2D eigenvalue weighted by atomic mass is 10.2. The molecule has 0 radical (unpaired) electrons. The van der Waals surface area contributed by atoms with Crippen molar-refractivity contribution in [2.75, 3.05) is 7.05 Å². The minimum absolute atomic E-state index is 0.0710. The van der Waals surface area contributed by atoms with Crippen molar-refractivity contribution in [1.82, 2.24) is 10.7 Å². The summed E-state index contributed by atoms with van der Waals surface area (Å²) in [5, 5.41) is 26.1. The lowest BCUT2D eigenvalue weighted by Crippen LogP contribution is -2.28. The summed E-state index contributed by atoms with van der Waals surface area (Å²) in [5.41, 5.74) is 2.97. The first-order chi connectivity index (χ1) is 7.97. The lowest BCUT2D eigenvalue weighted by Gasteiger charge is -2.06. The first-order valence-corrected chi connectivity index (χ1v) is 6.37. The summed E-state index contributed by atoms with van der Waals surface area (Å²) in [6, 6.07) is 1.53. The fourth-order valence-corrected chi connectivity index (χ4v) is 2.14. The van der Waals surface area contributed by atoms with E-state index in [4.69, 9.17) is 12.2 Å². The molecule has 0 aliphatic heterocycles. The number of benzene rings is 1. The van der Waals surface area contributed by atoms with Crippen LogP contribution < -0.4 is 10.7 Å². The number of nitrogens with zero attached hydrogens (tertiary/aromatic N) is 1. The number of hydrogen-bond acceptors (Lipinski definition) is 4. The molecule has 0 aliphatic carbocycles. The normalized spacial score (nSPS) is 10.5. The van der Waals surface area contributed by atoms with Crippen LogP contribution in [-0.2, 0) is 0 Å². The Morgan fingerprint density at radius 2 is 2.06 bits per heavy atom. The van der Waals surface area contributed by atoms with Crippen molar-refractivity contribution in [2.24, 2.45) is 5.10 Å². The molecule has 0 spiro atoms. The zero-order chi connectivity index (χ0) is 13.0. The Morgan fingerprint density at radius 1 is 1.41 bits per heavy atom. The number of hydrogen-bond donors (Lipinski definition) is 4. The van der Waals surface area contributed by atoms with Crippen LogP contribution in [0.5, 0.6) is 11.5 Å². The van der Waals surface area contributed by atoms with Crippen molar-refractivity contribution in [3.63, 3.8) is 0 Å². The van der Waals surface area contributed by atoms with Crippen molar-refractivity contribution in [3.8, 4) is 11.5 Å². The van der Waals surface area contributed by atoms with E-state index in [9.17, 15) is 10.2 Å². The predicted octanol–water partition coefficient (Wildman–Crippen LogP) is 2.05. The van der Waals surface area contributed by atoms with Crippen LogP contribution in [0.25, 0.3) is 0 Å². The number of phenolic OH excluding ortho intramolecular Hbond substituents is 2. The van der Waals surface area contributed by atoms with Crippen LogP contribution >= 0.6 is 44.1 Å². The summed E-state index contributed by atoms with van der Waals surface area (Å²) >= 11 is 11.0. The first kappa shape index (κ1) is 14.2. The van der Waals surface area contributed by atoms with Crippen LogP contribution in [0.2, 0.25) is 0 Å². The maximum Gasteiger partial charge on any atom is 0.186 e. The molecular weight excluding hydrogens is 374 g/mol. The first-order valence-electron chi connectivity index (χ1n) is 4.38. The van der Waals surface area contributed by atoms with Gasteiger partial charge in [0.15, 0.2) is 5.11 Å². The van der Waals surface area contributed by atoms with Gasteiger partial charge in [0.05, 0.1) is 10.7 Å². The molecule has 1 aromatic carbocycles. The lowest BCUT2D eigenvalue weighted by molar-refractivity contribution is 0.442. The van der Waals surface area contributed by atoms with Gasteiger partial charge in [0, 0.05) is 12.6 Å². The zero-order valence-corrected chi connectivity index (χ0v) is 12.6. The van der Waals surface area contributed by atoms with Gasteiger partial charge in [-0.3, -0.25) is 5.43 Å². The molecule has 92 valence electrons. The smallest absolute Gasteiger partial charge is 0.186 e. The van der Waals surface area contributed by atoms with E-state index in [1.165, 1.54) is 12.3 Å². The van der Waals surface area contributed by atoms with E-state index < -0.39 is 0 Å². The molecule has 0 atom stereocenters. The minimum Gasteiger partial charge on any atom is -0.506 e. The Kier molecular flexibility index (Phi) is 5.16. The Balaban J connectivity index is 2.96. The number of nitrogens with one attached hydrogen (secondary N) is 2. The number of phenols is 2. The van der Waals surface area contributed by atoms with Gasteiger partial charge in [-0.25, -0.2) is 0 Å². The Labute approximate surface area is 120 Å². The Morgan fingerprint density at radius 3 is 2.65 bits per heavy atom. The van der Waals surface area contributed by atoms with Gasteiger partial charge in [-0.15, -0.1) is 0 Å².